The van der Waals surface area contributed by atoms with Gasteiger partial charge in [0, 0.05) is 25.3 Å². The van der Waals surface area contributed by atoms with E-state index in [2.05, 4.69) is 27.8 Å². The Morgan fingerprint density at radius 1 is 1.26 bits per heavy atom. The number of hydrogen-bond acceptors (Lipinski definition) is 4. The second-order valence-electron chi connectivity index (χ2n) is 6.49. The Kier molecular flexibility index (Phi) is 4.53. The predicted octanol–water partition coefficient (Wildman–Crippen LogP) is 3.13. The van der Waals surface area contributed by atoms with Crippen LogP contribution in [0.4, 0.5) is 0 Å². The van der Waals surface area contributed by atoms with Gasteiger partial charge in [-0.1, -0.05) is 0 Å². The van der Waals surface area contributed by atoms with Crippen LogP contribution in [0.25, 0.3) is 0 Å². The summed E-state index contributed by atoms with van der Waals surface area (Å²) in [6, 6.07) is 2.12. The highest BCUT2D eigenvalue weighted by Crippen LogP contribution is 2.24. The van der Waals surface area contributed by atoms with Crippen molar-refractivity contribution in [1.82, 2.24) is 19.7 Å². The molecule has 6 heteroatoms. The maximum Gasteiger partial charge on any atom is 0.265 e. The van der Waals surface area contributed by atoms with Crippen molar-refractivity contribution < 1.29 is 4.79 Å². The minimum Gasteiger partial charge on any atom is -0.338 e. The molecule has 0 bridgehead atoms. The number of hydrogen-bond donors (Lipinski definition) is 0. The number of carbonyl (C=O) groups is 1. The largest absolute Gasteiger partial charge is 0.338 e. The highest BCUT2D eigenvalue weighted by atomic mass is 32.1. The summed E-state index contributed by atoms with van der Waals surface area (Å²) < 4.78 is 2.11. The van der Waals surface area contributed by atoms with E-state index in [0.29, 0.717) is 5.92 Å². The molecule has 1 aliphatic heterocycles. The molecule has 2 aromatic rings. The quantitative estimate of drug-likeness (QED) is 0.868. The molecule has 23 heavy (non-hydrogen) atoms. The lowest BCUT2D eigenvalue weighted by Crippen LogP contribution is -2.39. The van der Waals surface area contributed by atoms with E-state index in [1.165, 1.54) is 17.0 Å². The van der Waals surface area contributed by atoms with Gasteiger partial charge in [0.2, 0.25) is 0 Å². The Balaban J connectivity index is 1.59. The second kappa shape index (κ2) is 6.43. The fourth-order valence-electron chi connectivity index (χ4n) is 3.30. The minimum atomic E-state index is 0.151. The standard InChI is InChI=1S/C17H24N4OS/c1-11-9-12(2)21(19-11)10-15-5-7-20(8-6-15)17(22)16-13(3)18-14(4)23-16/h9,15H,5-8,10H2,1-4H3. The lowest BCUT2D eigenvalue weighted by molar-refractivity contribution is 0.0685. The van der Waals surface area contributed by atoms with Crippen LogP contribution in [0.15, 0.2) is 6.07 Å². The van der Waals surface area contributed by atoms with Crippen LogP contribution < -0.4 is 0 Å². The summed E-state index contributed by atoms with van der Waals surface area (Å²) in [7, 11) is 0. The molecule has 0 atom stereocenters. The molecule has 0 aliphatic carbocycles. The van der Waals surface area contributed by atoms with Gasteiger partial charge in [-0.3, -0.25) is 9.48 Å². The molecule has 2 aromatic heterocycles. The van der Waals surface area contributed by atoms with Gasteiger partial charge in [0.05, 0.1) is 16.4 Å². The first-order valence-electron chi connectivity index (χ1n) is 8.18. The van der Waals surface area contributed by atoms with Crippen molar-refractivity contribution in [3.63, 3.8) is 0 Å². The summed E-state index contributed by atoms with van der Waals surface area (Å²) in [5.41, 5.74) is 3.16. The number of aromatic nitrogens is 3. The fourth-order valence-corrected chi connectivity index (χ4v) is 4.18. The molecule has 0 saturated carbocycles. The van der Waals surface area contributed by atoms with E-state index >= 15 is 0 Å². The molecule has 0 spiro atoms. The topological polar surface area (TPSA) is 51.0 Å². The number of nitrogens with zero attached hydrogens (tertiary/aromatic N) is 4. The Labute approximate surface area is 141 Å². The average Bonchev–Trinajstić information content (AvgIpc) is 3.00. The Bertz CT molecular complexity index is 710. The summed E-state index contributed by atoms with van der Waals surface area (Å²) in [6.07, 6.45) is 2.09. The van der Waals surface area contributed by atoms with Crippen molar-refractivity contribution >= 4 is 17.2 Å². The monoisotopic (exact) mass is 332 g/mol. The molecule has 1 amide bonds. The maximum absolute atomic E-state index is 12.6. The SMILES string of the molecule is Cc1cc(C)n(CC2CCN(C(=O)c3sc(C)nc3C)CC2)n1. The van der Waals surface area contributed by atoms with E-state index in [4.69, 9.17) is 0 Å². The van der Waals surface area contributed by atoms with E-state index in [1.54, 1.807) is 0 Å². The van der Waals surface area contributed by atoms with Gasteiger partial charge in [0.25, 0.3) is 5.91 Å². The van der Waals surface area contributed by atoms with E-state index in [1.807, 2.05) is 25.7 Å². The third-order valence-corrected chi connectivity index (χ3v) is 5.59. The van der Waals surface area contributed by atoms with Crippen LogP contribution in [-0.4, -0.2) is 38.7 Å². The summed E-state index contributed by atoms with van der Waals surface area (Å²) in [5.74, 6) is 0.749. The van der Waals surface area contributed by atoms with E-state index in [0.717, 1.165) is 53.7 Å². The molecule has 0 unspecified atom stereocenters. The second-order valence-corrected chi connectivity index (χ2v) is 7.70. The van der Waals surface area contributed by atoms with Gasteiger partial charge in [-0.05, 0) is 52.5 Å². The molecule has 124 valence electrons. The molecule has 0 N–H and O–H groups in total. The lowest BCUT2D eigenvalue weighted by atomic mass is 9.96. The van der Waals surface area contributed by atoms with Gasteiger partial charge in [-0.15, -0.1) is 11.3 Å². The minimum absolute atomic E-state index is 0.151. The Hall–Kier alpha value is -1.69. The normalized spacial score (nSPS) is 16.1. The van der Waals surface area contributed by atoms with Crippen molar-refractivity contribution in [2.45, 2.75) is 47.1 Å². The highest BCUT2D eigenvalue weighted by Gasteiger charge is 2.26. The molecule has 1 fully saturated rings. The maximum atomic E-state index is 12.6. The van der Waals surface area contributed by atoms with Crippen molar-refractivity contribution in [2.75, 3.05) is 13.1 Å². The number of likely N-dealkylation sites (tertiary alicyclic amines) is 1. The zero-order valence-corrected chi connectivity index (χ0v) is 15.1. The van der Waals surface area contributed by atoms with E-state index in [9.17, 15) is 4.79 Å². The van der Waals surface area contributed by atoms with Gasteiger partial charge in [0.1, 0.15) is 4.88 Å². The lowest BCUT2D eigenvalue weighted by Gasteiger charge is -2.32. The van der Waals surface area contributed by atoms with Crippen LogP contribution in [0.2, 0.25) is 0 Å². The molecule has 1 saturated heterocycles. The van der Waals surface area contributed by atoms with Gasteiger partial charge < -0.3 is 4.90 Å². The van der Waals surface area contributed by atoms with E-state index < -0.39 is 0 Å². The van der Waals surface area contributed by atoms with Crippen molar-refractivity contribution in [3.8, 4) is 0 Å². The number of piperidine rings is 1. The van der Waals surface area contributed by atoms with Crippen molar-refractivity contribution in [2.24, 2.45) is 5.92 Å². The summed E-state index contributed by atoms with van der Waals surface area (Å²) in [4.78, 5) is 19.8. The zero-order valence-electron chi connectivity index (χ0n) is 14.3. The molecule has 0 aromatic carbocycles. The zero-order chi connectivity index (χ0) is 16.6. The van der Waals surface area contributed by atoms with Crippen LogP contribution in [0, 0.1) is 33.6 Å². The van der Waals surface area contributed by atoms with Gasteiger partial charge in [-0.2, -0.15) is 5.10 Å². The molecule has 0 radical (unpaired) electrons. The van der Waals surface area contributed by atoms with Gasteiger partial charge in [-0.25, -0.2) is 4.98 Å². The van der Waals surface area contributed by atoms with Crippen LogP contribution >= 0.6 is 11.3 Å². The number of rotatable bonds is 3. The van der Waals surface area contributed by atoms with Crippen LogP contribution in [0.1, 0.15) is 44.6 Å². The summed E-state index contributed by atoms with van der Waals surface area (Å²) in [6.45, 7) is 10.6. The number of amides is 1. The third-order valence-electron chi connectivity index (χ3n) is 4.53. The smallest absolute Gasteiger partial charge is 0.265 e. The molecule has 1 aliphatic rings. The van der Waals surface area contributed by atoms with Crippen LogP contribution in [0.5, 0.6) is 0 Å². The Morgan fingerprint density at radius 3 is 2.48 bits per heavy atom. The van der Waals surface area contributed by atoms with Crippen LogP contribution in [0.3, 0.4) is 0 Å². The molecule has 3 heterocycles. The molecular formula is C17H24N4OS. The van der Waals surface area contributed by atoms with E-state index in [-0.39, 0.29) is 5.91 Å². The molecule has 3 rings (SSSR count). The number of aryl methyl sites for hydroxylation is 4. The Morgan fingerprint density at radius 2 is 1.96 bits per heavy atom. The highest BCUT2D eigenvalue weighted by molar-refractivity contribution is 7.13. The van der Waals surface area contributed by atoms with Gasteiger partial charge >= 0.3 is 0 Å². The molecule has 5 nitrogen and oxygen atoms in total. The fraction of sp³-hybridized carbons (Fsp3) is 0.588. The summed E-state index contributed by atoms with van der Waals surface area (Å²) >= 11 is 1.51. The number of thiazole rings is 1. The third kappa shape index (κ3) is 3.47. The first-order chi connectivity index (χ1) is 10.9. The average molecular weight is 332 g/mol. The van der Waals surface area contributed by atoms with Crippen molar-refractivity contribution in [1.29, 1.82) is 0 Å². The van der Waals surface area contributed by atoms with Crippen LogP contribution in [-0.2, 0) is 6.54 Å². The first-order valence-corrected chi connectivity index (χ1v) is 9.00. The summed E-state index contributed by atoms with van der Waals surface area (Å²) in [5, 5.41) is 5.51. The number of carbonyl (C=O) groups excluding carboxylic acids is 1. The first kappa shape index (κ1) is 16.2. The predicted molar refractivity (Wildman–Crippen MR) is 91.9 cm³/mol. The van der Waals surface area contributed by atoms with Crippen molar-refractivity contribution in [3.05, 3.63) is 33.0 Å². The molecular weight excluding hydrogens is 308 g/mol. The van der Waals surface area contributed by atoms with Gasteiger partial charge in [0.15, 0.2) is 0 Å².